The molecule has 1 rings (SSSR count). The van der Waals surface area contributed by atoms with Gasteiger partial charge in [-0.05, 0) is 11.6 Å². The summed E-state index contributed by atoms with van der Waals surface area (Å²) in [7, 11) is 0. The van der Waals surface area contributed by atoms with Gasteiger partial charge in [-0.2, -0.15) is 0 Å². The second-order valence-electron chi connectivity index (χ2n) is 3.20. The van der Waals surface area contributed by atoms with Crippen LogP contribution in [0.1, 0.15) is 30.4 Å². The van der Waals surface area contributed by atoms with Crippen molar-refractivity contribution >= 4 is 0 Å². The molecule has 0 aliphatic rings. The molecule has 1 aromatic rings. The first-order chi connectivity index (χ1) is 6.56. The molecule has 2 N–H and O–H groups in total. The van der Waals surface area contributed by atoms with Crippen LogP contribution in [-0.2, 0) is 0 Å². The Kier molecular flexibility index (Phi) is 3.41. The predicted molar refractivity (Wildman–Crippen MR) is 48.6 cm³/mol. The summed E-state index contributed by atoms with van der Waals surface area (Å²) in [6.45, 7) is 1.58. The SMILES string of the molecule is CC(CO)c1ccc(C(F)F)cc1O. The molecular weight excluding hydrogens is 190 g/mol. The van der Waals surface area contributed by atoms with Gasteiger partial charge in [0.15, 0.2) is 0 Å². The van der Waals surface area contributed by atoms with Crippen LogP contribution in [0.2, 0.25) is 0 Å². The predicted octanol–water partition coefficient (Wildman–Crippen LogP) is 2.43. The Morgan fingerprint density at radius 2 is 2.00 bits per heavy atom. The highest BCUT2D eigenvalue weighted by atomic mass is 19.3. The molecule has 1 atom stereocenters. The third-order valence-electron chi connectivity index (χ3n) is 2.11. The lowest BCUT2D eigenvalue weighted by molar-refractivity contribution is 0.151. The van der Waals surface area contributed by atoms with E-state index in [1.807, 2.05) is 0 Å². The van der Waals surface area contributed by atoms with Crippen LogP contribution in [-0.4, -0.2) is 16.8 Å². The van der Waals surface area contributed by atoms with Gasteiger partial charge in [-0.1, -0.05) is 19.1 Å². The quantitative estimate of drug-likeness (QED) is 0.790. The molecule has 0 bridgehead atoms. The minimum Gasteiger partial charge on any atom is -0.508 e. The van der Waals surface area contributed by atoms with Gasteiger partial charge in [-0.25, -0.2) is 8.78 Å². The summed E-state index contributed by atoms with van der Waals surface area (Å²) in [6, 6.07) is 3.70. The molecule has 0 spiro atoms. The molecule has 0 saturated carbocycles. The monoisotopic (exact) mass is 202 g/mol. The molecule has 0 amide bonds. The first-order valence-electron chi connectivity index (χ1n) is 4.28. The zero-order valence-corrected chi connectivity index (χ0v) is 7.74. The maximum absolute atomic E-state index is 12.2. The fraction of sp³-hybridized carbons (Fsp3) is 0.400. The number of aliphatic hydroxyl groups excluding tert-OH is 1. The van der Waals surface area contributed by atoms with Crippen molar-refractivity contribution in [1.82, 2.24) is 0 Å². The normalized spacial score (nSPS) is 13.2. The standard InChI is InChI=1S/C10H12F2O2/c1-6(5-13)8-3-2-7(10(11)12)4-9(8)14/h2-4,6,10,13-14H,5H2,1H3. The largest absolute Gasteiger partial charge is 0.508 e. The van der Waals surface area contributed by atoms with E-state index in [1.54, 1.807) is 6.92 Å². The van der Waals surface area contributed by atoms with Crippen LogP contribution in [0.5, 0.6) is 5.75 Å². The highest BCUT2D eigenvalue weighted by Gasteiger charge is 2.13. The van der Waals surface area contributed by atoms with Gasteiger partial charge in [-0.15, -0.1) is 0 Å². The third-order valence-corrected chi connectivity index (χ3v) is 2.11. The molecule has 4 heteroatoms. The van der Waals surface area contributed by atoms with Gasteiger partial charge in [0.05, 0.1) is 0 Å². The molecule has 0 heterocycles. The smallest absolute Gasteiger partial charge is 0.263 e. The third kappa shape index (κ3) is 2.20. The molecule has 0 saturated heterocycles. The molecule has 0 aliphatic heterocycles. The van der Waals surface area contributed by atoms with Crippen LogP contribution in [0.4, 0.5) is 8.78 Å². The number of hydrogen-bond donors (Lipinski definition) is 2. The van der Waals surface area contributed by atoms with Crippen molar-refractivity contribution < 1.29 is 19.0 Å². The zero-order valence-electron chi connectivity index (χ0n) is 7.74. The minimum absolute atomic E-state index is 0.123. The van der Waals surface area contributed by atoms with E-state index in [4.69, 9.17) is 5.11 Å². The number of benzene rings is 1. The van der Waals surface area contributed by atoms with Gasteiger partial charge in [-0.3, -0.25) is 0 Å². The van der Waals surface area contributed by atoms with E-state index in [0.29, 0.717) is 5.56 Å². The number of aromatic hydroxyl groups is 1. The molecule has 0 radical (unpaired) electrons. The van der Waals surface area contributed by atoms with E-state index in [1.165, 1.54) is 12.1 Å². The van der Waals surface area contributed by atoms with Crippen molar-refractivity contribution in [3.05, 3.63) is 29.3 Å². The second kappa shape index (κ2) is 4.37. The summed E-state index contributed by atoms with van der Waals surface area (Å²) < 4.78 is 24.4. The van der Waals surface area contributed by atoms with Crippen molar-refractivity contribution in [2.45, 2.75) is 19.3 Å². The van der Waals surface area contributed by atoms with Crippen LogP contribution < -0.4 is 0 Å². The molecule has 1 unspecified atom stereocenters. The van der Waals surface area contributed by atoms with E-state index in [-0.39, 0.29) is 23.8 Å². The van der Waals surface area contributed by atoms with Crippen LogP contribution in [0, 0.1) is 0 Å². The van der Waals surface area contributed by atoms with Gasteiger partial charge in [0.25, 0.3) is 6.43 Å². The summed E-state index contributed by atoms with van der Waals surface area (Å²) in [4.78, 5) is 0. The average molecular weight is 202 g/mol. The lowest BCUT2D eigenvalue weighted by atomic mass is 9.99. The summed E-state index contributed by atoms with van der Waals surface area (Å²) in [5.74, 6) is -0.439. The van der Waals surface area contributed by atoms with Gasteiger partial charge >= 0.3 is 0 Å². The second-order valence-corrected chi connectivity index (χ2v) is 3.20. The number of aliphatic hydroxyl groups is 1. The number of hydrogen-bond acceptors (Lipinski definition) is 2. The van der Waals surface area contributed by atoms with Gasteiger partial charge in [0.1, 0.15) is 5.75 Å². The van der Waals surface area contributed by atoms with Crippen LogP contribution in [0.25, 0.3) is 0 Å². The first kappa shape index (κ1) is 10.9. The number of halogens is 2. The summed E-state index contributed by atoms with van der Waals surface area (Å²) >= 11 is 0. The molecule has 0 fully saturated rings. The lowest BCUT2D eigenvalue weighted by Crippen LogP contribution is -1.99. The van der Waals surface area contributed by atoms with Crippen molar-refractivity contribution in [1.29, 1.82) is 0 Å². The van der Waals surface area contributed by atoms with Gasteiger partial charge in [0.2, 0.25) is 0 Å². The van der Waals surface area contributed by atoms with Crippen LogP contribution in [0.3, 0.4) is 0 Å². The molecule has 0 aliphatic carbocycles. The number of alkyl halides is 2. The molecule has 1 aromatic carbocycles. The van der Waals surface area contributed by atoms with Crippen molar-refractivity contribution in [2.24, 2.45) is 0 Å². The molecule has 2 nitrogen and oxygen atoms in total. The number of phenolic OH excluding ortho intramolecular Hbond substituents is 1. The lowest BCUT2D eigenvalue weighted by Gasteiger charge is -2.11. The van der Waals surface area contributed by atoms with Gasteiger partial charge in [0, 0.05) is 18.1 Å². The Balaban J connectivity index is 3.01. The highest BCUT2D eigenvalue weighted by molar-refractivity contribution is 5.39. The van der Waals surface area contributed by atoms with Gasteiger partial charge < -0.3 is 10.2 Å². The summed E-state index contributed by atoms with van der Waals surface area (Å²) in [6.07, 6.45) is -2.58. The number of phenols is 1. The van der Waals surface area contributed by atoms with Crippen molar-refractivity contribution in [3.63, 3.8) is 0 Å². The Hall–Kier alpha value is -1.16. The molecule has 78 valence electrons. The van der Waals surface area contributed by atoms with E-state index in [2.05, 4.69) is 0 Å². The Bertz CT molecular complexity index is 313. The van der Waals surface area contributed by atoms with E-state index < -0.39 is 6.43 Å². The Morgan fingerprint density at radius 1 is 1.36 bits per heavy atom. The molecule has 0 aromatic heterocycles. The maximum atomic E-state index is 12.2. The van der Waals surface area contributed by atoms with Crippen LogP contribution >= 0.6 is 0 Å². The van der Waals surface area contributed by atoms with E-state index >= 15 is 0 Å². The molecular formula is C10H12F2O2. The Morgan fingerprint density at radius 3 is 2.43 bits per heavy atom. The van der Waals surface area contributed by atoms with E-state index in [0.717, 1.165) is 6.07 Å². The highest BCUT2D eigenvalue weighted by Crippen LogP contribution is 2.29. The zero-order chi connectivity index (χ0) is 10.7. The maximum Gasteiger partial charge on any atom is 0.263 e. The molecule has 14 heavy (non-hydrogen) atoms. The van der Waals surface area contributed by atoms with Crippen molar-refractivity contribution in [2.75, 3.05) is 6.61 Å². The first-order valence-corrected chi connectivity index (χ1v) is 4.28. The fourth-order valence-electron chi connectivity index (χ4n) is 1.21. The van der Waals surface area contributed by atoms with Crippen molar-refractivity contribution in [3.8, 4) is 5.75 Å². The summed E-state index contributed by atoms with van der Waals surface area (Å²) in [5.41, 5.74) is 0.272. The van der Waals surface area contributed by atoms with E-state index in [9.17, 15) is 13.9 Å². The fourth-order valence-corrected chi connectivity index (χ4v) is 1.21. The topological polar surface area (TPSA) is 40.5 Å². The minimum atomic E-state index is -2.58. The Labute approximate surface area is 80.8 Å². The van der Waals surface area contributed by atoms with Crippen LogP contribution in [0.15, 0.2) is 18.2 Å². The average Bonchev–Trinajstić information content (AvgIpc) is 2.16. The summed E-state index contributed by atoms with van der Waals surface area (Å²) in [5, 5.41) is 18.2. The number of rotatable bonds is 3.